The molecule has 1 fully saturated rings. The summed E-state index contributed by atoms with van der Waals surface area (Å²) in [4.78, 5) is 12.6. The second-order valence-electron chi connectivity index (χ2n) is 4.68. The number of benzene rings is 1. The molecule has 0 atom stereocenters. The third-order valence-electron chi connectivity index (χ3n) is 3.51. The van der Waals surface area contributed by atoms with Gasteiger partial charge in [-0.2, -0.15) is 0 Å². The van der Waals surface area contributed by atoms with E-state index >= 15 is 0 Å². The summed E-state index contributed by atoms with van der Waals surface area (Å²) < 4.78 is 5.35. The monoisotopic (exact) mass is 250 g/mol. The number of hydrogen-bond acceptors (Lipinski definition) is 4. The quantitative estimate of drug-likeness (QED) is 0.611. The Kier molecular flexibility index (Phi) is 3.81. The van der Waals surface area contributed by atoms with Gasteiger partial charge in [0, 0.05) is 44.1 Å². The van der Waals surface area contributed by atoms with Crippen molar-refractivity contribution >= 4 is 11.4 Å². The molecule has 5 nitrogen and oxygen atoms in total. The Bertz CT molecular complexity index is 442. The molecule has 0 saturated carbocycles. The predicted molar refractivity (Wildman–Crippen MR) is 70.1 cm³/mol. The van der Waals surface area contributed by atoms with Gasteiger partial charge in [0.1, 0.15) is 0 Å². The predicted octanol–water partition coefficient (Wildman–Crippen LogP) is 2.52. The van der Waals surface area contributed by atoms with Crippen molar-refractivity contribution in [1.82, 2.24) is 0 Å². The van der Waals surface area contributed by atoms with E-state index in [9.17, 15) is 10.1 Å². The maximum absolute atomic E-state index is 10.7. The first-order chi connectivity index (χ1) is 8.59. The molecule has 1 aromatic carbocycles. The zero-order chi connectivity index (χ0) is 13.1. The van der Waals surface area contributed by atoms with Crippen LogP contribution in [0, 0.1) is 17.0 Å². The minimum Gasteiger partial charge on any atom is -0.381 e. The molecule has 1 heterocycles. The number of nitrogens with zero attached hydrogens (tertiary/aromatic N) is 2. The van der Waals surface area contributed by atoms with Crippen LogP contribution in [0.15, 0.2) is 18.2 Å². The van der Waals surface area contributed by atoms with E-state index in [0.29, 0.717) is 6.04 Å². The second-order valence-corrected chi connectivity index (χ2v) is 4.68. The molecule has 0 radical (unpaired) electrons. The van der Waals surface area contributed by atoms with Gasteiger partial charge in [0.05, 0.1) is 4.92 Å². The van der Waals surface area contributed by atoms with Crippen LogP contribution in [-0.4, -0.2) is 31.2 Å². The number of aryl methyl sites for hydroxylation is 1. The van der Waals surface area contributed by atoms with Crippen molar-refractivity contribution in [3.05, 3.63) is 33.9 Å². The maximum atomic E-state index is 10.7. The summed E-state index contributed by atoms with van der Waals surface area (Å²) in [7, 11) is 2.05. The van der Waals surface area contributed by atoms with Crippen LogP contribution in [0.25, 0.3) is 0 Å². The van der Waals surface area contributed by atoms with Crippen molar-refractivity contribution < 1.29 is 9.66 Å². The molecule has 0 spiro atoms. The fraction of sp³-hybridized carbons (Fsp3) is 0.538. The van der Waals surface area contributed by atoms with Gasteiger partial charge >= 0.3 is 0 Å². The molecule has 0 unspecified atom stereocenters. The van der Waals surface area contributed by atoms with E-state index in [1.54, 1.807) is 12.1 Å². The fourth-order valence-corrected chi connectivity index (χ4v) is 2.42. The molecule has 1 aliphatic rings. The van der Waals surface area contributed by atoms with E-state index in [4.69, 9.17) is 4.74 Å². The van der Waals surface area contributed by atoms with E-state index in [0.717, 1.165) is 37.3 Å². The lowest BCUT2D eigenvalue weighted by Crippen LogP contribution is -2.37. The van der Waals surface area contributed by atoms with Gasteiger partial charge in [-0.05, 0) is 31.4 Å². The highest BCUT2D eigenvalue weighted by atomic mass is 16.6. The van der Waals surface area contributed by atoms with Crippen LogP contribution < -0.4 is 4.90 Å². The molecule has 1 saturated heterocycles. The number of nitro benzene ring substituents is 1. The smallest absolute Gasteiger partial charge is 0.269 e. The number of ether oxygens (including phenoxy) is 1. The van der Waals surface area contributed by atoms with Gasteiger partial charge < -0.3 is 9.64 Å². The third-order valence-corrected chi connectivity index (χ3v) is 3.51. The molecule has 0 aliphatic carbocycles. The summed E-state index contributed by atoms with van der Waals surface area (Å²) in [5.41, 5.74) is 2.15. The van der Waals surface area contributed by atoms with Gasteiger partial charge in [-0.3, -0.25) is 10.1 Å². The Morgan fingerprint density at radius 2 is 2.06 bits per heavy atom. The number of rotatable bonds is 3. The minimum atomic E-state index is -0.356. The molecule has 0 amide bonds. The molecule has 0 bridgehead atoms. The highest BCUT2D eigenvalue weighted by Gasteiger charge is 2.20. The van der Waals surface area contributed by atoms with E-state index in [2.05, 4.69) is 4.90 Å². The van der Waals surface area contributed by atoms with Crippen molar-refractivity contribution in [3.63, 3.8) is 0 Å². The molecule has 1 aromatic rings. The molecule has 2 rings (SSSR count). The molecule has 18 heavy (non-hydrogen) atoms. The SMILES string of the molecule is Cc1cc([N+](=O)[O-])ccc1N(C)C1CCOCC1. The normalized spacial score (nSPS) is 16.6. The van der Waals surface area contributed by atoms with E-state index in [1.165, 1.54) is 0 Å². The Morgan fingerprint density at radius 1 is 1.39 bits per heavy atom. The van der Waals surface area contributed by atoms with Crippen LogP contribution in [0.5, 0.6) is 0 Å². The number of anilines is 1. The van der Waals surface area contributed by atoms with Crippen LogP contribution in [-0.2, 0) is 4.74 Å². The summed E-state index contributed by atoms with van der Waals surface area (Å²) >= 11 is 0. The largest absolute Gasteiger partial charge is 0.381 e. The Hall–Kier alpha value is -1.62. The van der Waals surface area contributed by atoms with Gasteiger partial charge in [-0.25, -0.2) is 0 Å². The maximum Gasteiger partial charge on any atom is 0.269 e. The van der Waals surface area contributed by atoms with Crippen molar-refractivity contribution in [1.29, 1.82) is 0 Å². The standard InChI is InChI=1S/C13H18N2O3/c1-10-9-12(15(16)17)3-4-13(10)14(2)11-5-7-18-8-6-11/h3-4,9,11H,5-8H2,1-2H3. The van der Waals surface area contributed by atoms with Crippen molar-refractivity contribution in [2.45, 2.75) is 25.8 Å². The summed E-state index contributed by atoms with van der Waals surface area (Å²) in [5.74, 6) is 0. The molecule has 0 N–H and O–H groups in total. The topological polar surface area (TPSA) is 55.6 Å². The average Bonchev–Trinajstić information content (AvgIpc) is 2.38. The van der Waals surface area contributed by atoms with Crippen LogP contribution in [0.4, 0.5) is 11.4 Å². The lowest BCUT2D eigenvalue weighted by Gasteiger charge is -2.33. The number of hydrogen-bond donors (Lipinski definition) is 0. The lowest BCUT2D eigenvalue weighted by atomic mass is 10.1. The molecular weight excluding hydrogens is 232 g/mol. The van der Waals surface area contributed by atoms with Gasteiger partial charge in [-0.1, -0.05) is 0 Å². The lowest BCUT2D eigenvalue weighted by molar-refractivity contribution is -0.384. The summed E-state index contributed by atoms with van der Waals surface area (Å²) in [6.45, 7) is 3.50. The van der Waals surface area contributed by atoms with Gasteiger partial charge in [-0.15, -0.1) is 0 Å². The summed E-state index contributed by atoms with van der Waals surface area (Å²) in [6.07, 6.45) is 2.01. The van der Waals surface area contributed by atoms with E-state index in [-0.39, 0.29) is 10.6 Å². The van der Waals surface area contributed by atoms with Gasteiger partial charge in [0.15, 0.2) is 0 Å². The Labute approximate surface area is 107 Å². The van der Waals surface area contributed by atoms with Crippen LogP contribution in [0.2, 0.25) is 0 Å². The first-order valence-corrected chi connectivity index (χ1v) is 6.15. The van der Waals surface area contributed by atoms with Crippen LogP contribution in [0.3, 0.4) is 0 Å². The molecule has 5 heteroatoms. The zero-order valence-corrected chi connectivity index (χ0v) is 10.8. The number of nitro groups is 1. The van der Waals surface area contributed by atoms with Crippen molar-refractivity contribution in [2.24, 2.45) is 0 Å². The molecule has 0 aromatic heterocycles. The highest BCUT2D eigenvalue weighted by molar-refractivity contribution is 5.57. The fourth-order valence-electron chi connectivity index (χ4n) is 2.42. The van der Waals surface area contributed by atoms with Crippen LogP contribution >= 0.6 is 0 Å². The Balaban J connectivity index is 2.19. The third kappa shape index (κ3) is 2.61. The number of non-ortho nitro benzene ring substituents is 1. The molecular formula is C13H18N2O3. The van der Waals surface area contributed by atoms with E-state index < -0.39 is 0 Å². The zero-order valence-electron chi connectivity index (χ0n) is 10.8. The molecule has 98 valence electrons. The van der Waals surface area contributed by atoms with Gasteiger partial charge in [0.2, 0.25) is 0 Å². The summed E-state index contributed by atoms with van der Waals surface area (Å²) in [6, 6.07) is 5.49. The van der Waals surface area contributed by atoms with E-state index in [1.807, 2.05) is 20.0 Å². The highest BCUT2D eigenvalue weighted by Crippen LogP contribution is 2.27. The summed E-state index contributed by atoms with van der Waals surface area (Å²) in [5, 5.41) is 10.7. The Morgan fingerprint density at radius 3 is 2.61 bits per heavy atom. The van der Waals surface area contributed by atoms with Crippen LogP contribution in [0.1, 0.15) is 18.4 Å². The van der Waals surface area contributed by atoms with Crippen molar-refractivity contribution in [2.75, 3.05) is 25.2 Å². The molecule has 1 aliphatic heterocycles. The minimum absolute atomic E-state index is 0.150. The average molecular weight is 250 g/mol. The van der Waals surface area contributed by atoms with Gasteiger partial charge in [0.25, 0.3) is 5.69 Å². The first kappa shape index (κ1) is 12.8. The second kappa shape index (κ2) is 5.35. The first-order valence-electron chi connectivity index (χ1n) is 6.15. The van der Waals surface area contributed by atoms with Crippen molar-refractivity contribution in [3.8, 4) is 0 Å².